The fraction of sp³-hybridized carbons (Fsp3) is 0. The van der Waals surface area contributed by atoms with Crippen LogP contribution in [0.3, 0.4) is 0 Å². The van der Waals surface area contributed by atoms with Crippen LogP contribution in [0.5, 0.6) is 11.5 Å². The molecule has 0 aliphatic rings. The highest BCUT2D eigenvalue weighted by Crippen LogP contribution is 2.45. The summed E-state index contributed by atoms with van der Waals surface area (Å²) in [5, 5.41) is 42.3. The van der Waals surface area contributed by atoms with Gasteiger partial charge in [-0.3, -0.25) is 19.2 Å². The maximum absolute atomic E-state index is 12.3. The molecule has 0 aliphatic heterocycles. The van der Waals surface area contributed by atoms with Crippen molar-refractivity contribution in [2.24, 2.45) is 10.2 Å². The number of aromatic hydroxyl groups is 2. The molecular formula is C23H15ClN8O10S2. The Morgan fingerprint density at radius 2 is 1.50 bits per heavy atom. The van der Waals surface area contributed by atoms with Gasteiger partial charge in [0, 0.05) is 40.0 Å². The molecule has 0 spiro atoms. The Balaban J connectivity index is 1.67. The molecule has 44 heavy (non-hydrogen) atoms. The first-order valence-corrected chi connectivity index (χ1v) is 14.8. The van der Waals surface area contributed by atoms with Gasteiger partial charge in [-0.2, -0.15) is 31.8 Å². The molecule has 18 nitrogen and oxygen atoms in total. The Morgan fingerprint density at radius 1 is 0.841 bits per heavy atom. The molecule has 0 fully saturated rings. The molecule has 0 radical (unpaired) electrons. The van der Waals surface area contributed by atoms with Gasteiger partial charge in [0.25, 0.3) is 25.9 Å². The summed E-state index contributed by atoms with van der Waals surface area (Å²) >= 11 is 5.77. The Labute approximate surface area is 250 Å². The van der Waals surface area contributed by atoms with Gasteiger partial charge in [0.1, 0.15) is 26.9 Å². The van der Waals surface area contributed by atoms with Crippen molar-refractivity contribution in [3.63, 3.8) is 0 Å². The predicted molar refractivity (Wildman–Crippen MR) is 154 cm³/mol. The van der Waals surface area contributed by atoms with Crippen LogP contribution in [0.4, 0.5) is 34.6 Å². The standard InChI is InChI=1S/C23H15ClN8O10S2/c24-21-27-22(25)29-23(28-21)26-10-1-3-12-9(5-10)6-17(44(40,41)42)19(20(12)34)31-30-18-13-4-2-11(32(35)36)7-14(13)16(8-15(18)33)43(37,38)39/h1-8,33-34H,(H,37,38,39)(H,40,41,42)(H3,25,26,27,28,29)/b31-30+. The summed E-state index contributed by atoms with van der Waals surface area (Å²) in [6.07, 6.45) is 0. The number of benzene rings is 4. The summed E-state index contributed by atoms with van der Waals surface area (Å²) in [6.45, 7) is 0. The van der Waals surface area contributed by atoms with Crippen molar-refractivity contribution in [3.05, 3.63) is 63.9 Å². The third-order valence-electron chi connectivity index (χ3n) is 5.98. The summed E-state index contributed by atoms with van der Waals surface area (Å²) in [5.74, 6) is -1.89. The lowest BCUT2D eigenvalue weighted by atomic mass is 10.1. The Kier molecular flexibility index (Phi) is 7.39. The van der Waals surface area contributed by atoms with Crippen LogP contribution in [0.1, 0.15) is 0 Å². The molecule has 1 heterocycles. The molecule has 0 unspecified atom stereocenters. The number of nitrogens with two attached hydrogens (primary N) is 1. The molecule has 7 N–H and O–H groups in total. The van der Waals surface area contributed by atoms with E-state index < -0.39 is 68.9 Å². The van der Waals surface area contributed by atoms with E-state index in [1.807, 2.05) is 0 Å². The monoisotopic (exact) mass is 662 g/mol. The normalized spacial score (nSPS) is 12.2. The van der Waals surface area contributed by atoms with Crippen molar-refractivity contribution in [2.45, 2.75) is 9.79 Å². The zero-order valence-corrected chi connectivity index (χ0v) is 23.7. The van der Waals surface area contributed by atoms with Crippen molar-refractivity contribution in [2.75, 3.05) is 11.1 Å². The predicted octanol–water partition coefficient (Wildman–Crippen LogP) is 4.39. The number of nitrogen functional groups attached to an aromatic ring is 1. The Morgan fingerprint density at radius 3 is 2.14 bits per heavy atom. The van der Waals surface area contributed by atoms with Gasteiger partial charge in [0.05, 0.1) is 4.92 Å². The number of rotatable bonds is 7. The molecule has 1 aromatic heterocycles. The minimum absolute atomic E-state index is 0.0246. The number of halogens is 1. The van der Waals surface area contributed by atoms with Gasteiger partial charge in [-0.05, 0) is 47.3 Å². The van der Waals surface area contributed by atoms with Gasteiger partial charge in [0.15, 0.2) is 5.75 Å². The van der Waals surface area contributed by atoms with E-state index in [1.54, 1.807) is 0 Å². The molecule has 0 saturated heterocycles. The molecule has 0 amide bonds. The first kappa shape index (κ1) is 30.2. The summed E-state index contributed by atoms with van der Waals surface area (Å²) in [5.41, 5.74) is 3.98. The zero-order valence-electron chi connectivity index (χ0n) is 21.3. The molecule has 0 bridgehead atoms. The molecule has 0 saturated carbocycles. The van der Waals surface area contributed by atoms with Crippen LogP contribution >= 0.6 is 11.6 Å². The third kappa shape index (κ3) is 5.82. The smallest absolute Gasteiger partial charge is 0.296 e. The number of nitro benzene ring substituents is 1. The fourth-order valence-electron chi connectivity index (χ4n) is 4.16. The van der Waals surface area contributed by atoms with Crippen LogP contribution in [0.2, 0.25) is 5.28 Å². The van der Waals surface area contributed by atoms with E-state index in [0.717, 1.165) is 24.3 Å². The van der Waals surface area contributed by atoms with Crippen LogP contribution in [0, 0.1) is 10.1 Å². The number of aromatic nitrogens is 3. The molecular weight excluding hydrogens is 648 g/mol. The van der Waals surface area contributed by atoms with Gasteiger partial charge < -0.3 is 21.3 Å². The number of hydrogen-bond acceptors (Lipinski definition) is 15. The van der Waals surface area contributed by atoms with Gasteiger partial charge in [-0.25, -0.2) is 0 Å². The lowest BCUT2D eigenvalue weighted by Gasteiger charge is -2.12. The lowest BCUT2D eigenvalue weighted by Crippen LogP contribution is -2.03. The van der Waals surface area contributed by atoms with Crippen LogP contribution in [0.25, 0.3) is 21.5 Å². The Bertz CT molecular complexity index is 2280. The first-order valence-electron chi connectivity index (χ1n) is 11.6. The van der Waals surface area contributed by atoms with Crippen LogP contribution < -0.4 is 11.1 Å². The summed E-state index contributed by atoms with van der Waals surface area (Å²) in [6, 6.07) is 8.43. The largest absolute Gasteiger partial charge is 0.506 e. The minimum Gasteiger partial charge on any atom is -0.506 e. The van der Waals surface area contributed by atoms with E-state index in [4.69, 9.17) is 17.3 Å². The number of fused-ring (bicyclic) bond motifs is 2. The highest BCUT2D eigenvalue weighted by Gasteiger charge is 2.25. The molecule has 0 atom stereocenters. The lowest BCUT2D eigenvalue weighted by molar-refractivity contribution is -0.384. The molecule has 0 aliphatic carbocycles. The third-order valence-corrected chi connectivity index (χ3v) is 7.91. The number of non-ortho nitro benzene ring substituents is 1. The number of phenolic OH excluding ortho intramolecular Hbond substituents is 2. The number of azo groups is 1. The molecule has 5 rings (SSSR count). The number of nitrogens with one attached hydrogen (secondary N) is 1. The van der Waals surface area contributed by atoms with E-state index in [9.17, 15) is 46.3 Å². The number of nitro groups is 1. The second-order valence-corrected chi connectivity index (χ2v) is 11.9. The number of anilines is 3. The quantitative estimate of drug-likeness (QED) is 0.0609. The molecule has 226 valence electrons. The Hall–Kier alpha value is -5.28. The number of phenols is 2. The van der Waals surface area contributed by atoms with Gasteiger partial charge in [-0.1, -0.05) is 0 Å². The van der Waals surface area contributed by atoms with Gasteiger partial charge >= 0.3 is 0 Å². The average Bonchev–Trinajstić information content (AvgIpc) is 2.91. The summed E-state index contributed by atoms with van der Waals surface area (Å²) in [4.78, 5) is 20.0. The van der Waals surface area contributed by atoms with E-state index >= 15 is 0 Å². The van der Waals surface area contributed by atoms with Crippen LogP contribution in [-0.4, -0.2) is 56.0 Å². The summed E-state index contributed by atoms with van der Waals surface area (Å²) in [7, 11) is -10.1. The highest BCUT2D eigenvalue weighted by atomic mass is 35.5. The van der Waals surface area contributed by atoms with E-state index in [0.29, 0.717) is 6.07 Å². The topological polar surface area (TPSA) is 294 Å². The van der Waals surface area contributed by atoms with E-state index in [-0.39, 0.29) is 39.0 Å². The SMILES string of the molecule is Nc1nc(Cl)nc(Nc2ccc3c(O)c(/N=N/c4c(O)cc(S(=O)(=O)O)c5cc([N+](=O)[O-])ccc45)c(S(=O)(=O)O)cc3c2)n1. The van der Waals surface area contributed by atoms with Gasteiger partial charge in [-0.15, -0.1) is 10.2 Å². The number of nitrogens with zero attached hydrogens (tertiary/aromatic N) is 6. The van der Waals surface area contributed by atoms with E-state index in [1.165, 1.54) is 18.2 Å². The van der Waals surface area contributed by atoms with E-state index in [2.05, 4.69) is 30.5 Å². The van der Waals surface area contributed by atoms with Crippen molar-refractivity contribution in [3.8, 4) is 11.5 Å². The first-order chi connectivity index (χ1) is 20.5. The van der Waals surface area contributed by atoms with Gasteiger partial charge in [0.2, 0.25) is 17.2 Å². The molecule has 4 aromatic carbocycles. The van der Waals surface area contributed by atoms with Crippen LogP contribution in [0.15, 0.2) is 68.6 Å². The highest BCUT2D eigenvalue weighted by molar-refractivity contribution is 7.86. The average molecular weight is 663 g/mol. The maximum atomic E-state index is 12.3. The molecule has 21 heteroatoms. The fourth-order valence-corrected chi connectivity index (χ4v) is 5.69. The minimum atomic E-state index is -5.08. The molecule has 5 aromatic rings. The van der Waals surface area contributed by atoms with Crippen molar-refractivity contribution in [1.29, 1.82) is 0 Å². The zero-order chi connectivity index (χ0) is 32.1. The number of hydrogen-bond donors (Lipinski definition) is 6. The van der Waals surface area contributed by atoms with Crippen molar-refractivity contribution < 1.29 is 41.1 Å². The second-order valence-electron chi connectivity index (χ2n) is 8.80. The summed E-state index contributed by atoms with van der Waals surface area (Å²) < 4.78 is 68.0. The van der Waals surface area contributed by atoms with Crippen molar-refractivity contribution in [1.82, 2.24) is 15.0 Å². The second kappa shape index (κ2) is 10.8. The maximum Gasteiger partial charge on any atom is 0.296 e. The van der Waals surface area contributed by atoms with Crippen LogP contribution in [-0.2, 0) is 20.2 Å². The van der Waals surface area contributed by atoms with Crippen molar-refractivity contribution >= 4 is 88.0 Å².